The zero-order valence-electron chi connectivity index (χ0n) is 16.6. The molecule has 0 aromatic heterocycles. The smallest absolute Gasteiger partial charge is 0.302 e. The Kier molecular flexibility index (Phi) is 8.52. The van der Waals surface area contributed by atoms with Crippen molar-refractivity contribution in [3.8, 4) is 0 Å². The van der Waals surface area contributed by atoms with Gasteiger partial charge in [0.25, 0.3) is 0 Å². The lowest BCUT2D eigenvalue weighted by atomic mass is 9.67. The summed E-state index contributed by atoms with van der Waals surface area (Å²) < 4.78 is 4.94. The minimum Gasteiger partial charge on any atom is -0.462 e. The van der Waals surface area contributed by atoms with Gasteiger partial charge in [0.05, 0.1) is 0 Å². The van der Waals surface area contributed by atoms with Gasteiger partial charge in [0, 0.05) is 6.92 Å². The highest BCUT2D eigenvalue weighted by molar-refractivity contribution is 5.66. The molecule has 0 fully saturated rings. The van der Waals surface area contributed by atoms with Crippen molar-refractivity contribution in [2.75, 3.05) is 6.61 Å². The first-order chi connectivity index (χ1) is 11.2. The molecule has 0 amide bonds. The fraction of sp³-hybridized carbons (Fsp3) is 0.682. The first-order valence-corrected chi connectivity index (χ1v) is 9.33. The lowest BCUT2D eigenvalue weighted by Gasteiger charge is -2.38. The Morgan fingerprint density at radius 2 is 1.88 bits per heavy atom. The first-order valence-electron chi connectivity index (χ1n) is 9.33. The molecule has 0 aromatic carbocycles. The molecule has 1 aliphatic carbocycles. The Hall–Kier alpha value is -1.31. The van der Waals surface area contributed by atoms with Crippen LogP contribution >= 0.6 is 0 Å². The predicted octanol–water partition coefficient (Wildman–Crippen LogP) is 6.39. The van der Waals surface area contributed by atoms with Crippen LogP contribution < -0.4 is 0 Å². The van der Waals surface area contributed by atoms with E-state index in [4.69, 9.17) is 4.74 Å². The predicted molar refractivity (Wildman–Crippen MR) is 103 cm³/mol. The third kappa shape index (κ3) is 7.51. The van der Waals surface area contributed by atoms with Crippen LogP contribution in [0.25, 0.3) is 0 Å². The molecule has 0 radical (unpaired) electrons. The van der Waals surface area contributed by atoms with Crippen LogP contribution in [0.5, 0.6) is 0 Å². The second-order valence-corrected chi connectivity index (χ2v) is 8.01. The third-order valence-corrected chi connectivity index (χ3v) is 5.33. The highest BCUT2D eigenvalue weighted by atomic mass is 16.5. The van der Waals surface area contributed by atoms with Crippen molar-refractivity contribution in [1.29, 1.82) is 0 Å². The Balaban J connectivity index is 2.38. The molecule has 0 aromatic rings. The highest BCUT2D eigenvalue weighted by Crippen LogP contribution is 2.43. The van der Waals surface area contributed by atoms with Crippen molar-refractivity contribution in [3.63, 3.8) is 0 Å². The van der Waals surface area contributed by atoms with Gasteiger partial charge in [-0.15, -0.1) is 0 Å². The van der Waals surface area contributed by atoms with Crippen molar-refractivity contribution < 1.29 is 9.53 Å². The van der Waals surface area contributed by atoms with E-state index in [1.54, 1.807) is 5.57 Å². The lowest BCUT2D eigenvalue weighted by Crippen LogP contribution is -2.27. The van der Waals surface area contributed by atoms with Crippen LogP contribution in [0, 0.1) is 11.3 Å². The Bertz CT molecular complexity index is 506. The third-order valence-electron chi connectivity index (χ3n) is 5.33. The summed E-state index contributed by atoms with van der Waals surface area (Å²) in [6.07, 6.45) is 13.9. The molecule has 136 valence electrons. The summed E-state index contributed by atoms with van der Waals surface area (Å²) in [6.45, 7) is 13.3. The number of rotatable bonds is 8. The van der Waals surface area contributed by atoms with Gasteiger partial charge in [-0.1, -0.05) is 42.7 Å². The maximum Gasteiger partial charge on any atom is 0.302 e. The van der Waals surface area contributed by atoms with Gasteiger partial charge in [0.1, 0.15) is 6.61 Å². The van der Waals surface area contributed by atoms with Crippen molar-refractivity contribution in [2.24, 2.45) is 11.3 Å². The summed E-state index contributed by atoms with van der Waals surface area (Å²) in [5.41, 5.74) is 4.81. The van der Waals surface area contributed by atoms with Crippen LogP contribution in [0.4, 0.5) is 0 Å². The van der Waals surface area contributed by atoms with E-state index in [0.717, 1.165) is 18.8 Å². The first kappa shape index (κ1) is 20.7. The standard InChI is InChI=1S/C22H36O2/c1-17(9-7-10-18(2)14-16-24-20(4)23)12-13-21-19(3)11-8-15-22(21,5)6/h9,11,14,21H,7-8,10,12-13,15-16H2,1-6H3. The quantitative estimate of drug-likeness (QED) is 0.380. The number of esters is 1. The molecule has 0 heterocycles. The Labute approximate surface area is 149 Å². The van der Waals surface area contributed by atoms with Crippen LogP contribution in [0.3, 0.4) is 0 Å². The van der Waals surface area contributed by atoms with E-state index < -0.39 is 0 Å². The average Bonchev–Trinajstić information content (AvgIpc) is 2.45. The number of hydrogen-bond acceptors (Lipinski definition) is 2. The summed E-state index contributed by atoms with van der Waals surface area (Å²) in [6, 6.07) is 0. The Morgan fingerprint density at radius 3 is 2.50 bits per heavy atom. The largest absolute Gasteiger partial charge is 0.462 e. The molecule has 2 nitrogen and oxygen atoms in total. The van der Waals surface area contributed by atoms with Gasteiger partial charge >= 0.3 is 5.97 Å². The topological polar surface area (TPSA) is 26.3 Å². The van der Waals surface area contributed by atoms with E-state index in [2.05, 4.69) is 46.8 Å². The Morgan fingerprint density at radius 1 is 1.21 bits per heavy atom. The van der Waals surface area contributed by atoms with Gasteiger partial charge in [-0.05, 0) is 76.7 Å². The summed E-state index contributed by atoms with van der Waals surface area (Å²) in [4.78, 5) is 10.7. The van der Waals surface area contributed by atoms with Crippen molar-refractivity contribution in [3.05, 3.63) is 34.9 Å². The summed E-state index contributed by atoms with van der Waals surface area (Å²) in [7, 11) is 0. The molecule has 0 N–H and O–H groups in total. The fourth-order valence-corrected chi connectivity index (χ4v) is 3.65. The zero-order chi connectivity index (χ0) is 18.2. The molecular formula is C22H36O2. The number of carbonyl (C=O) groups excluding carboxylic acids is 1. The van der Waals surface area contributed by atoms with E-state index in [1.807, 2.05) is 6.08 Å². The maximum absolute atomic E-state index is 10.7. The zero-order valence-corrected chi connectivity index (χ0v) is 16.6. The average molecular weight is 333 g/mol. The van der Waals surface area contributed by atoms with Crippen LogP contribution in [0.2, 0.25) is 0 Å². The van der Waals surface area contributed by atoms with Gasteiger partial charge in [0.2, 0.25) is 0 Å². The number of carbonyl (C=O) groups is 1. The SMILES string of the molecule is CC(=O)OCC=C(C)CCC=C(C)CCC1C(C)=CCCC1(C)C. The molecule has 1 aliphatic rings. The molecule has 2 heteroatoms. The summed E-state index contributed by atoms with van der Waals surface area (Å²) >= 11 is 0. The van der Waals surface area contributed by atoms with E-state index in [1.165, 1.54) is 43.8 Å². The van der Waals surface area contributed by atoms with Gasteiger partial charge in [-0.3, -0.25) is 4.79 Å². The molecule has 0 saturated heterocycles. The van der Waals surface area contributed by atoms with E-state index in [9.17, 15) is 4.79 Å². The molecule has 24 heavy (non-hydrogen) atoms. The van der Waals surface area contributed by atoms with Crippen LogP contribution in [0.15, 0.2) is 34.9 Å². The van der Waals surface area contributed by atoms with Gasteiger partial charge in [-0.25, -0.2) is 0 Å². The van der Waals surface area contributed by atoms with Gasteiger partial charge in [-0.2, -0.15) is 0 Å². The van der Waals surface area contributed by atoms with Gasteiger partial charge in [0.15, 0.2) is 0 Å². The maximum atomic E-state index is 10.7. The molecular weight excluding hydrogens is 296 g/mol. The molecule has 0 spiro atoms. The van der Waals surface area contributed by atoms with E-state index in [-0.39, 0.29) is 5.97 Å². The van der Waals surface area contributed by atoms with E-state index in [0.29, 0.717) is 12.0 Å². The monoisotopic (exact) mass is 332 g/mol. The second-order valence-electron chi connectivity index (χ2n) is 8.01. The molecule has 1 rings (SSSR count). The number of allylic oxidation sites excluding steroid dienone is 5. The van der Waals surface area contributed by atoms with Crippen molar-refractivity contribution >= 4 is 5.97 Å². The fourth-order valence-electron chi connectivity index (χ4n) is 3.65. The summed E-state index contributed by atoms with van der Waals surface area (Å²) in [5.74, 6) is 0.504. The van der Waals surface area contributed by atoms with Crippen LogP contribution in [0.1, 0.15) is 80.1 Å². The van der Waals surface area contributed by atoms with Crippen LogP contribution in [-0.4, -0.2) is 12.6 Å². The van der Waals surface area contributed by atoms with E-state index >= 15 is 0 Å². The molecule has 0 bridgehead atoms. The lowest BCUT2D eigenvalue weighted by molar-refractivity contribution is -0.139. The minimum absolute atomic E-state index is 0.218. The highest BCUT2D eigenvalue weighted by Gasteiger charge is 2.32. The normalized spacial score (nSPS) is 21.4. The molecule has 1 unspecified atom stereocenters. The number of hydrogen-bond donors (Lipinski definition) is 0. The molecule has 1 atom stereocenters. The minimum atomic E-state index is -0.218. The van der Waals surface area contributed by atoms with Crippen LogP contribution in [-0.2, 0) is 9.53 Å². The van der Waals surface area contributed by atoms with Crippen molar-refractivity contribution in [1.82, 2.24) is 0 Å². The molecule has 0 aliphatic heterocycles. The van der Waals surface area contributed by atoms with Gasteiger partial charge < -0.3 is 4.74 Å². The van der Waals surface area contributed by atoms with Crippen molar-refractivity contribution in [2.45, 2.75) is 80.1 Å². The second kappa shape index (κ2) is 9.86. The summed E-state index contributed by atoms with van der Waals surface area (Å²) in [5, 5.41) is 0. The molecule has 0 saturated carbocycles. The number of ether oxygens (including phenoxy) is 1.